The second kappa shape index (κ2) is 8.31. The number of rotatable bonds is 5. The van der Waals surface area contributed by atoms with Crippen molar-refractivity contribution in [2.75, 3.05) is 25.1 Å². The fourth-order valence-corrected chi connectivity index (χ4v) is 4.65. The minimum Gasteiger partial charge on any atom is -0.494 e. The zero-order valence-corrected chi connectivity index (χ0v) is 18.5. The molecule has 2 aliphatic heterocycles. The van der Waals surface area contributed by atoms with Crippen LogP contribution < -0.4 is 5.32 Å². The Bertz CT molecular complexity index is 1420. The number of aromatic amines is 1. The highest BCUT2D eigenvalue weighted by Gasteiger charge is 2.39. The molecule has 0 bridgehead atoms. The Hall–Kier alpha value is -4.05. The molecule has 0 saturated carbocycles. The van der Waals surface area contributed by atoms with Crippen molar-refractivity contribution in [3.8, 4) is 17.3 Å². The van der Waals surface area contributed by atoms with Crippen LogP contribution in [-0.4, -0.2) is 56.7 Å². The van der Waals surface area contributed by atoms with Crippen molar-refractivity contribution in [2.24, 2.45) is 0 Å². The molecule has 2 aliphatic rings. The van der Waals surface area contributed by atoms with E-state index in [1.54, 1.807) is 12.1 Å². The van der Waals surface area contributed by atoms with Crippen LogP contribution in [0, 0.1) is 11.6 Å². The van der Waals surface area contributed by atoms with Crippen molar-refractivity contribution in [1.82, 2.24) is 19.9 Å². The van der Waals surface area contributed by atoms with Crippen LogP contribution in [0.3, 0.4) is 0 Å². The molecule has 35 heavy (non-hydrogen) atoms. The predicted octanol–water partition coefficient (Wildman–Crippen LogP) is 4.07. The quantitative estimate of drug-likeness (QED) is 0.401. The molecule has 6 rings (SSSR count). The van der Waals surface area contributed by atoms with Gasteiger partial charge < -0.3 is 25.0 Å². The molecule has 2 fully saturated rings. The summed E-state index contributed by atoms with van der Waals surface area (Å²) in [7, 11) is 0. The standard InChI is InChI=1S/C25H21F2N5O3/c26-17-2-1-3-18(27)20(17)22-30-19-10-28-24(33)21(19)23(31-22)29-14-6-4-13(5-7-14)16-8-9-32(25(16)34)15-11-35-12-15/h1-7,10,15-16,28,33H,8-9,11-12H2,(H,29,30,31). The summed E-state index contributed by atoms with van der Waals surface area (Å²) < 4.78 is 34.0. The number of anilines is 2. The minimum absolute atomic E-state index is 0.116. The van der Waals surface area contributed by atoms with Crippen LogP contribution in [0.15, 0.2) is 48.7 Å². The summed E-state index contributed by atoms with van der Waals surface area (Å²) in [5.74, 6) is -1.79. The number of fused-ring (bicyclic) bond motifs is 1. The van der Waals surface area contributed by atoms with Gasteiger partial charge in [-0.05, 0) is 36.2 Å². The minimum atomic E-state index is -0.789. The average Bonchev–Trinajstić information content (AvgIpc) is 3.36. The summed E-state index contributed by atoms with van der Waals surface area (Å²) in [5.41, 5.74) is 1.49. The van der Waals surface area contributed by atoms with E-state index in [1.165, 1.54) is 12.3 Å². The lowest BCUT2D eigenvalue weighted by molar-refractivity contribution is -0.140. The molecule has 0 spiro atoms. The van der Waals surface area contributed by atoms with Crippen LogP contribution >= 0.6 is 0 Å². The number of likely N-dealkylation sites (tertiary alicyclic amines) is 1. The smallest absolute Gasteiger partial charge is 0.230 e. The number of hydrogen-bond donors (Lipinski definition) is 3. The monoisotopic (exact) mass is 477 g/mol. The number of H-pyrrole nitrogens is 1. The highest BCUT2D eigenvalue weighted by Crippen LogP contribution is 2.35. The van der Waals surface area contributed by atoms with E-state index >= 15 is 0 Å². The van der Waals surface area contributed by atoms with Crippen LogP contribution in [0.5, 0.6) is 5.88 Å². The molecular weight excluding hydrogens is 456 g/mol. The molecule has 1 atom stereocenters. The number of carbonyl (C=O) groups is 1. The number of carbonyl (C=O) groups excluding carboxylic acids is 1. The molecule has 1 unspecified atom stereocenters. The van der Waals surface area contributed by atoms with Crippen LogP contribution in [0.2, 0.25) is 0 Å². The van der Waals surface area contributed by atoms with Crippen molar-refractivity contribution in [1.29, 1.82) is 0 Å². The van der Waals surface area contributed by atoms with Crippen molar-refractivity contribution >= 4 is 28.3 Å². The molecule has 8 nitrogen and oxygen atoms in total. The van der Waals surface area contributed by atoms with Crippen molar-refractivity contribution in [3.63, 3.8) is 0 Å². The van der Waals surface area contributed by atoms with Crippen LogP contribution in [0.25, 0.3) is 22.3 Å². The topological polar surface area (TPSA) is 103 Å². The maximum atomic E-state index is 14.4. The van der Waals surface area contributed by atoms with Crippen LogP contribution in [-0.2, 0) is 9.53 Å². The number of hydrogen-bond acceptors (Lipinski definition) is 6. The Kier molecular flexibility index (Phi) is 5.10. The van der Waals surface area contributed by atoms with Gasteiger partial charge in [-0.25, -0.2) is 18.7 Å². The number of ether oxygens (including phenoxy) is 1. The third-order valence-electron chi connectivity index (χ3n) is 6.58. The summed E-state index contributed by atoms with van der Waals surface area (Å²) >= 11 is 0. The number of amides is 1. The van der Waals surface area contributed by atoms with Crippen LogP contribution in [0.4, 0.5) is 20.3 Å². The summed E-state index contributed by atoms with van der Waals surface area (Å²) in [6.07, 6.45) is 2.19. The van der Waals surface area contributed by atoms with Crippen molar-refractivity contribution < 1.29 is 23.4 Å². The van der Waals surface area contributed by atoms with Gasteiger partial charge in [0.15, 0.2) is 5.82 Å². The van der Waals surface area contributed by atoms with Gasteiger partial charge in [0.1, 0.15) is 22.8 Å². The van der Waals surface area contributed by atoms with E-state index in [-0.39, 0.29) is 41.0 Å². The third kappa shape index (κ3) is 3.66. The molecule has 4 aromatic rings. The normalized spacial score (nSPS) is 18.3. The largest absolute Gasteiger partial charge is 0.494 e. The summed E-state index contributed by atoms with van der Waals surface area (Å²) in [6.45, 7) is 1.91. The van der Waals surface area contributed by atoms with Gasteiger partial charge in [-0.2, -0.15) is 0 Å². The third-order valence-corrected chi connectivity index (χ3v) is 6.58. The lowest BCUT2D eigenvalue weighted by Gasteiger charge is -2.34. The second-order valence-electron chi connectivity index (χ2n) is 8.70. The number of halogens is 2. The van der Waals surface area contributed by atoms with Gasteiger partial charge in [0, 0.05) is 18.4 Å². The first-order chi connectivity index (χ1) is 17.0. The average molecular weight is 477 g/mol. The van der Waals surface area contributed by atoms with E-state index in [0.717, 1.165) is 30.7 Å². The molecule has 10 heteroatoms. The van der Waals surface area contributed by atoms with Crippen LogP contribution in [0.1, 0.15) is 17.9 Å². The molecule has 1 amide bonds. The lowest BCUT2D eigenvalue weighted by atomic mass is 9.97. The first-order valence-electron chi connectivity index (χ1n) is 11.3. The van der Waals surface area contributed by atoms with Gasteiger partial charge in [0.25, 0.3) is 0 Å². The number of aromatic hydroxyl groups is 1. The summed E-state index contributed by atoms with van der Waals surface area (Å²) in [4.78, 5) is 25.9. The van der Waals surface area contributed by atoms with Gasteiger partial charge in [0.2, 0.25) is 11.8 Å². The fourth-order valence-electron chi connectivity index (χ4n) is 4.65. The number of benzene rings is 2. The molecule has 0 radical (unpaired) electrons. The Morgan fingerprint density at radius 1 is 1.09 bits per heavy atom. The number of nitrogens with one attached hydrogen (secondary N) is 2. The molecule has 4 heterocycles. The summed E-state index contributed by atoms with van der Waals surface area (Å²) in [5, 5.41) is 13.7. The predicted molar refractivity (Wildman–Crippen MR) is 124 cm³/mol. The lowest BCUT2D eigenvalue weighted by Crippen LogP contribution is -2.49. The van der Waals surface area contributed by atoms with Gasteiger partial charge >= 0.3 is 0 Å². The Labute approximate surface area is 198 Å². The molecule has 2 aromatic heterocycles. The maximum Gasteiger partial charge on any atom is 0.230 e. The van der Waals surface area contributed by atoms with E-state index in [9.17, 15) is 18.7 Å². The molecule has 2 saturated heterocycles. The maximum absolute atomic E-state index is 14.4. The van der Waals surface area contributed by atoms with Gasteiger partial charge in [-0.15, -0.1) is 0 Å². The molecule has 178 valence electrons. The van der Waals surface area contributed by atoms with E-state index in [0.29, 0.717) is 29.8 Å². The Morgan fingerprint density at radius 3 is 2.51 bits per heavy atom. The molecule has 0 aliphatic carbocycles. The van der Waals surface area contributed by atoms with E-state index in [4.69, 9.17) is 4.74 Å². The first-order valence-corrected chi connectivity index (χ1v) is 11.3. The first kappa shape index (κ1) is 21.5. The molecule has 2 aromatic carbocycles. The van der Waals surface area contributed by atoms with E-state index in [2.05, 4.69) is 20.3 Å². The zero-order valence-electron chi connectivity index (χ0n) is 18.5. The SMILES string of the molecule is O=C1C(c2ccc(Nc3nc(-c4c(F)cccc4F)nc4c[nH]c(O)c34)cc2)CCN1C1COC1. The highest BCUT2D eigenvalue weighted by atomic mass is 19.1. The number of nitrogens with zero attached hydrogens (tertiary/aromatic N) is 3. The van der Waals surface area contributed by atoms with E-state index in [1.807, 2.05) is 17.0 Å². The number of aromatic nitrogens is 3. The van der Waals surface area contributed by atoms with Gasteiger partial charge in [-0.1, -0.05) is 18.2 Å². The Morgan fingerprint density at radius 2 is 1.83 bits per heavy atom. The molecule has 3 N–H and O–H groups in total. The molecular formula is C25H21F2N5O3. The van der Waals surface area contributed by atoms with Gasteiger partial charge in [0.05, 0.1) is 36.3 Å². The Balaban J connectivity index is 1.30. The fraction of sp³-hybridized carbons (Fsp3) is 0.240. The van der Waals surface area contributed by atoms with Crippen molar-refractivity contribution in [3.05, 3.63) is 65.9 Å². The summed E-state index contributed by atoms with van der Waals surface area (Å²) in [6, 6.07) is 11.1. The second-order valence-corrected chi connectivity index (χ2v) is 8.70. The van der Waals surface area contributed by atoms with Crippen molar-refractivity contribution in [2.45, 2.75) is 18.4 Å². The van der Waals surface area contributed by atoms with E-state index < -0.39 is 11.6 Å². The zero-order chi connectivity index (χ0) is 24.1. The highest BCUT2D eigenvalue weighted by molar-refractivity contribution is 5.96. The van der Waals surface area contributed by atoms with Gasteiger partial charge in [-0.3, -0.25) is 4.79 Å².